The average Bonchev–Trinajstić information content (AvgIpc) is 2.46. The van der Waals surface area contributed by atoms with Gasteiger partial charge in [-0.25, -0.2) is 8.42 Å². The molecule has 0 unspecified atom stereocenters. The first kappa shape index (κ1) is 16.2. The lowest BCUT2D eigenvalue weighted by atomic mass is 10.1. The summed E-state index contributed by atoms with van der Waals surface area (Å²) in [5.74, 6) is 0. The summed E-state index contributed by atoms with van der Waals surface area (Å²) < 4.78 is 63.2. The number of piperidine rings is 1. The molecule has 0 aliphatic carbocycles. The smallest absolute Gasteiger partial charge is 0.317 e. The molecule has 5 nitrogen and oxygen atoms in total. The number of sulfonamides is 1. The van der Waals surface area contributed by atoms with Gasteiger partial charge in [0.05, 0.1) is 0 Å². The first-order chi connectivity index (χ1) is 9.75. The maximum Gasteiger partial charge on any atom is 0.433 e. The van der Waals surface area contributed by atoms with Crippen molar-refractivity contribution < 1.29 is 21.6 Å². The van der Waals surface area contributed by atoms with E-state index in [9.17, 15) is 21.6 Å². The summed E-state index contributed by atoms with van der Waals surface area (Å²) in [5, 5.41) is 3.08. The van der Waals surface area contributed by atoms with Crippen LogP contribution in [0.1, 0.15) is 18.5 Å². The molecule has 0 radical (unpaired) electrons. The zero-order chi connectivity index (χ0) is 15.7. The van der Waals surface area contributed by atoms with Gasteiger partial charge in [0.1, 0.15) is 10.6 Å². The van der Waals surface area contributed by atoms with Crippen LogP contribution in [0.5, 0.6) is 0 Å². The van der Waals surface area contributed by atoms with Crippen LogP contribution in [0.25, 0.3) is 0 Å². The Morgan fingerprint density at radius 1 is 1.29 bits per heavy atom. The number of pyridine rings is 1. The molecule has 118 valence electrons. The summed E-state index contributed by atoms with van der Waals surface area (Å²) >= 11 is 0. The van der Waals surface area contributed by atoms with Gasteiger partial charge in [-0.05, 0) is 32.0 Å². The highest BCUT2D eigenvalue weighted by molar-refractivity contribution is 7.89. The second-order valence-electron chi connectivity index (χ2n) is 4.84. The summed E-state index contributed by atoms with van der Waals surface area (Å²) in [6.07, 6.45) is -2.47. The fourth-order valence-electron chi connectivity index (χ4n) is 2.23. The van der Waals surface area contributed by atoms with Gasteiger partial charge in [0, 0.05) is 25.3 Å². The topological polar surface area (TPSA) is 62.3 Å². The van der Waals surface area contributed by atoms with Gasteiger partial charge in [-0.3, -0.25) is 4.98 Å². The molecule has 0 amide bonds. The third-order valence-electron chi connectivity index (χ3n) is 3.53. The van der Waals surface area contributed by atoms with E-state index in [2.05, 4.69) is 10.3 Å². The molecule has 0 spiro atoms. The summed E-state index contributed by atoms with van der Waals surface area (Å²) in [7, 11) is -1.97. The third-order valence-corrected chi connectivity index (χ3v) is 5.41. The Bertz CT molecular complexity index is 579. The molecule has 1 saturated heterocycles. The summed E-state index contributed by atoms with van der Waals surface area (Å²) in [5.41, 5.74) is -1.10. The van der Waals surface area contributed by atoms with E-state index in [0.717, 1.165) is 12.3 Å². The van der Waals surface area contributed by atoms with Crippen molar-refractivity contribution in [2.45, 2.75) is 30.0 Å². The third kappa shape index (κ3) is 3.53. The van der Waals surface area contributed by atoms with Crippen LogP contribution in [0, 0.1) is 0 Å². The van der Waals surface area contributed by atoms with Gasteiger partial charge >= 0.3 is 6.18 Å². The van der Waals surface area contributed by atoms with Crippen LogP contribution in [-0.2, 0) is 16.2 Å². The quantitative estimate of drug-likeness (QED) is 0.915. The second-order valence-corrected chi connectivity index (χ2v) is 6.78. The summed E-state index contributed by atoms with van der Waals surface area (Å²) in [6, 6.07) is 1.91. The molecule has 0 saturated carbocycles. The predicted molar refractivity (Wildman–Crippen MR) is 70.1 cm³/mol. The molecule has 1 N–H and O–H groups in total. The maximum absolute atomic E-state index is 12.4. The normalized spacial score (nSPS) is 18.9. The Morgan fingerprint density at radius 2 is 1.90 bits per heavy atom. The van der Waals surface area contributed by atoms with Crippen molar-refractivity contribution in [3.63, 3.8) is 0 Å². The molecule has 1 fully saturated rings. The van der Waals surface area contributed by atoms with E-state index < -0.39 is 21.9 Å². The van der Waals surface area contributed by atoms with Crippen molar-refractivity contribution in [3.05, 3.63) is 24.0 Å². The number of nitrogens with zero attached hydrogens (tertiary/aromatic N) is 2. The second kappa shape index (κ2) is 5.90. The van der Waals surface area contributed by atoms with Gasteiger partial charge in [-0.2, -0.15) is 17.5 Å². The van der Waals surface area contributed by atoms with E-state index >= 15 is 0 Å². The van der Waals surface area contributed by atoms with Crippen molar-refractivity contribution in [2.24, 2.45) is 0 Å². The molecule has 0 aromatic carbocycles. The fourth-order valence-corrected chi connectivity index (χ4v) is 3.65. The highest BCUT2D eigenvalue weighted by atomic mass is 32.2. The van der Waals surface area contributed by atoms with Gasteiger partial charge in [0.2, 0.25) is 10.0 Å². The molecule has 1 aromatic heterocycles. The van der Waals surface area contributed by atoms with Gasteiger partial charge in [-0.1, -0.05) is 0 Å². The minimum Gasteiger partial charge on any atom is -0.317 e. The molecule has 1 aliphatic heterocycles. The number of aromatic nitrogens is 1. The van der Waals surface area contributed by atoms with Gasteiger partial charge < -0.3 is 5.32 Å². The number of alkyl halides is 3. The van der Waals surface area contributed by atoms with Crippen LogP contribution in [0.4, 0.5) is 13.2 Å². The molecule has 0 bridgehead atoms. The van der Waals surface area contributed by atoms with E-state index in [1.807, 2.05) is 7.05 Å². The van der Waals surface area contributed by atoms with Crippen LogP contribution >= 0.6 is 0 Å². The Kier molecular flexibility index (Phi) is 4.54. The number of hydrogen-bond acceptors (Lipinski definition) is 4. The molecular weight excluding hydrogens is 307 g/mol. The van der Waals surface area contributed by atoms with Crippen LogP contribution in [0.15, 0.2) is 23.2 Å². The molecule has 2 heterocycles. The molecule has 1 aliphatic rings. The largest absolute Gasteiger partial charge is 0.433 e. The SMILES string of the molecule is CNC1CCN(S(=O)(=O)c2ccc(C(F)(F)F)nc2)CC1. The van der Waals surface area contributed by atoms with E-state index in [-0.39, 0.29) is 10.9 Å². The predicted octanol–water partition coefficient (Wildman–Crippen LogP) is 1.47. The molecular formula is C12H16F3N3O2S. The number of rotatable bonds is 3. The zero-order valence-electron chi connectivity index (χ0n) is 11.4. The van der Waals surface area contributed by atoms with Gasteiger partial charge in [0.15, 0.2) is 0 Å². The van der Waals surface area contributed by atoms with Crippen molar-refractivity contribution >= 4 is 10.0 Å². The van der Waals surface area contributed by atoms with Crippen molar-refractivity contribution in [1.82, 2.24) is 14.6 Å². The molecule has 0 atom stereocenters. The van der Waals surface area contributed by atoms with E-state index in [1.165, 1.54) is 4.31 Å². The van der Waals surface area contributed by atoms with Crippen LogP contribution < -0.4 is 5.32 Å². The Balaban J connectivity index is 2.17. The van der Waals surface area contributed by atoms with Crippen molar-refractivity contribution in [3.8, 4) is 0 Å². The molecule has 9 heteroatoms. The van der Waals surface area contributed by atoms with Crippen molar-refractivity contribution in [2.75, 3.05) is 20.1 Å². The average molecular weight is 323 g/mol. The van der Waals surface area contributed by atoms with Gasteiger partial charge in [-0.15, -0.1) is 0 Å². The zero-order valence-corrected chi connectivity index (χ0v) is 12.2. The number of halogens is 3. The van der Waals surface area contributed by atoms with Gasteiger partial charge in [0.25, 0.3) is 0 Å². The minimum absolute atomic E-state index is 0.210. The Labute approximate surface area is 121 Å². The lowest BCUT2D eigenvalue weighted by Gasteiger charge is -2.30. The van der Waals surface area contributed by atoms with Crippen LogP contribution in [0.3, 0.4) is 0 Å². The summed E-state index contributed by atoms with van der Waals surface area (Å²) in [6.45, 7) is 0.684. The Morgan fingerprint density at radius 3 is 2.33 bits per heavy atom. The molecule has 2 rings (SSSR count). The van der Waals surface area contributed by atoms with E-state index in [4.69, 9.17) is 0 Å². The number of hydrogen-bond donors (Lipinski definition) is 1. The van der Waals surface area contributed by atoms with Crippen molar-refractivity contribution in [1.29, 1.82) is 0 Å². The molecule has 21 heavy (non-hydrogen) atoms. The first-order valence-corrected chi connectivity index (χ1v) is 7.90. The lowest BCUT2D eigenvalue weighted by Crippen LogP contribution is -2.43. The number of nitrogens with one attached hydrogen (secondary N) is 1. The highest BCUT2D eigenvalue weighted by Gasteiger charge is 2.34. The maximum atomic E-state index is 12.4. The molecule has 1 aromatic rings. The monoisotopic (exact) mass is 323 g/mol. The standard InChI is InChI=1S/C12H16F3N3O2S/c1-16-9-4-6-18(7-5-9)21(19,20)10-2-3-11(17-8-10)12(13,14)15/h2-3,8-9,16H,4-7H2,1H3. The highest BCUT2D eigenvalue weighted by Crippen LogP contribution is 2.28. The van der Waals surface area contributed by atoms with Crippen LogP contribution in [0.2, 0.25) is 0 Å². The fraction of sp³-hybridized carbons (Fsp3) is 0.583. The lowest BCUT2D eigenvalue weighted by molar-refractivity contribution is -0.141. The first-order valence-electron chi connectivity index (χ1n) is 6.46. The Hall–Kier alpha value is -1.19. The van der Waals surface area contributed by atoms with E-state index in [0.29, 0.717) is 32.0 Å². The minimum atomic E-state index is -4.58. The van der Waals surface area contributed by atoms with E-state index in [1.54, 1.807) is 0 Å². The van der Waals surface area contributed by atoms with Crippen LogP contribution in [-0.4, -0.2) is 43.9 Å². The summed E-state index contributed by atoms with van der Waals surface area (Å²) in [4.78, 5) is 2.99.